The van der Waals surface area contributed by atoms with Crippen LogP contribution >= 0.6 is 23.4 Å². The maximum absolute atomic E-state index is 5.43. The molecule has 0 saturated heterocycles. The number of nitrogens with zero attached hydrogens (tertiary/aromatic N) is 2. The molecule has 0 spiro atoms. The van der Waals surface area contributed by atoms with Crippen molar-refractivity contribution in [3.8, 4) is 0 Å². The van der Waals surface area contributed by atoms with Gasteiger partial charge in [0.15, 0.2) is 0 Å². The van der Waals surface area contributed by atoms with Gasteiger partial charge in [0.25, 0.3) is 0 Å². The Balaban J connectivity index is 3.13. The van der Waals surface area contributed by atoms with Crippen LogP contribution in [0.4, 0.5) is 0 Å². The van der Waals surface area contributed by atoms with Crippen LogP contribution in [0.1, 0.15) is 0 Å². The van der Waals surface area contributed by atoms with Gasteiger partial charge in [-0.15, -0.1) is 4.09 Å². The Bertz CT molecular complexity index is 168. The molecular formula is C4H3Cl2N2+. The minimum absolute atomic E-state index is 0.272. The summed E-state index contributed by atoms with van der Waals surface area (Å²) in [7, 11) is 0. The van der Waals surface area contributed by atoms with Crippen molar-refractivity contribution < 1.29 is 4.09 Å². The summed E-state index contributed by atoms with van der Waals surface area (Å²) in [5, 5.41) is 0.272. The van der Waals surface area contributed by atoms with Crippen LogP contribution in [0.5, 0.6) is 0 Å². The molecule has 0 amide bonds. The summed E-state index contributed by atoms with van der Waals surface area (Å²) in [5.74, 6) is 0. The average Bonchev–Trinajstić information content (AvgIpc) is 1.77. The van der Waals surface area contributed by atoms with Crippen LogP contribution in [-0.2, 0) is 0 Å². The molecule has 1 aromatic rings. The zero-order chi connectivity index (χ0) is 5.98. The molecule has 0 aliphatic carbocycles. The molecule has 8 heavy (non-hydrogen) atoms. The first-order valence-electron chi connectivity index (χ1n) is 1.99. The predicted molar refractivity (Wildman–Crippen MR) is 30.7 cm³/mol. The Morgan fingerprint density at radius 1 is 1.62 bits per heavy atom. The average molecular weight is 150 g/mol. The van der Waals surface area contributed by atoms with Crippen LogP contribution in [0.25, 0.3) is 0 Å². The third kappa shape index (κ3) is 1.08. The van der Waals surface area contributed by atoms with E-state index < -0.39 is 0 Å². The molecule has 42 valence electrons. The smallest absolute Gasteiger partial charge is 0.117 e. The molecule has 0 fully saturated rings. The normalized spacial score (nSPS) is 9.25. The lowest BCUT2D eigenvalue weighted by Crippen LogP contribution is -2.21. The molecule has 0 aliphatic rings. The van der Waals surface area contributed by atoms with E-state index in [0.717, 1.165) is 0 Å². The zero-order valence-corrected chi connectivity index (χ0v) is 5.39. The van der Waals surface area contributed by atoms with Crippen molar-refractivity contribution >= 4 is 23.4 Å². The van der Waals surface area contributed by atoms with Crippen LogP contribution in [0.3, 0.4) is 0 Å². The van der Waals surface area contributed by atoms with E-state index in [-0.39, 0.29) is 5.28 Å². The van der Waals surface area contributed by atoms with Crippen LogP contribution in [0.15, 0.2) is 18.5 Å². The van der Waals surface area contributed by atoms with Crippen LogP contribution in [-0.4, -0.2) is 4.98 Å². The minimum Gasteiger partial charge on any atom is -0.117 e. The highest BCUT2D eigenvalue weighted by Crippen LogP contribution is 1.92. The fraction of sp³-hybridized carbons (Fsp3) is 0. The largest absolute Gasteiger partial charge is 0.413 e. The highest BCUT2D eigenvalue weighted by Gasteiger charge is 2.01. The Kier molecular flexibility index (Phi) is 1.65. The Morgan fingerprint density at radius 2 is 2.38 bits per heavy atom. The second-order valence-corrected chi connectivity index (χ2v) is 1.90. The lowest BCUT2D eigenvalue weighted by Gasteiger charge is -1.79. The van der Waals surface area contributed by atoms with Crippen molar-refractivity contribution in [1.82, 2.24) is 4.98 Å². The molecule has 0 atom stereocenters. The van der Waals surface area contributed by atoms with E-state index in [9.17, 15) is 0 Å². The van der Waals surface area contributed by atoms with Crippen molar-refractivity contribution in [2.45, 2.75) is 0 Å². The molecule has 0 N–H and O–H groups in total. The molecule has 0 aliphatic heterocycles. The molecule has 0 unspecified atom stereocenters. The van der Waals surface area contributed by atoms with Gasteiger partial charge in [0.05, 0.1) is 0 Å². The molecule has 2 nitrogen and oxygen atoms in total. The van der Waals surface area contributed by atoms with E-state index in [1.165, 1.54) is 4.09 Å². The number of aromatic nitrogens is 2. The first-order valence-corrected chi connectivity index (χ1v) is 2.70. The standard InChI is InChI=1S/C4H3Cl2N2/c5-4-7-2-1-3-8(4)6/h1-3H/q+1. The van der Waals surface area contributed by atoms with Crippen LogP contribution < -0.4 is 4.09 Å². The van der Waals surface area contributed by atoms with Gasteiger partial charge in [-0.05, 0) is 4.98 Å². The van der Waals surface area contributed by atoms with Gasteiger partial charge in [-0.25, -0.2) is 0 Å². The van der Waals surface area contributed by atoms with Gasteiger partial charge in [-0.3, -0.25) is 0 Å². The lowest BCUT2D eigenvalue weighted by atomic mass is 10.7. The van der Waals surface area contributed by atoms with E-state index >= 15 is 0 Å². The first-order chi connectivity index (χ1) is 3.80. The molecule has 1 aromatic heterocycles. The van der Waals surface area contributed by atoms with E-state index in [1.54, 1.807) is 18.5 Å². The molecule has 1 heterocycles. The summed E-state index contributed by atoms with van der Waals surface area (Å²) >= 11 is 10.9. The third-order valence-electron chi connectivity index (χ3n) is 0.660. The van der Waals surface area contributed by atoms with Gasteiger partial charge in [0, 0.05) is 17.7 Å². The van der Waals surface area contributed by atoms with Crippen molar-refractivity contribution in [2.75, 3.05) is 0 Å². The fourth-order valence-corrected chi connectivity index (χ4v) is 0.557. The molecular weight excluding hydrogens is 147 g/mol. The Labute approximate surface area is 56.8 Å². The zero-order valence-electron chi connectivity index (χ0n) is 3.88. The third-order valence-corrected chi connectivity index (χ3v) is 1.30. The van der Waals surface area contributed by atoms with Gasteiger partial charge in [0.2, 0.25) is 0 Å². The summed E-state index contributed by atoms with van der Waals surface area (Å²) in [6.45, 7) is 0. The maximum atomic E-state index is 5.43. The SMILES string of the molecule is Clc1nccc[n+]1Cl. The van der Waals surface area contributed by atoms with Crippen LogP contribution in [0.2, 0.25) is 5.28 Å². The molecule has 0 radical (unpaired) electrons. The molecule has 0 bridgehead atoms. The molecule has 4 heteroatoms. The van der Waals surface area contributed by atoms with E-state index in [2.05, 4.69) is 4.98 Å². The number of halogens is 2. The second-order valence-electron chi connectivity index (χ2n) is 1.20. The van der Waals surface area contributed by atoms with Gasteiger partial charge in [0.1, 0.15) is 24.2 Å². The van der Waals surface area contributed by atoms with Crippen molar-refractivity contribution in [3.05, 3.63) is 23.7 Å². The second kappa shape index (κ2) is 2.29. The summed E-state index contributed by atoms with van der Waals surface area (Å²) in [6.07, 6.45) is 3.18. The Hall–Kier alpha value is -0.340. The maximum Gasteiger partial charge on any atom is 0.413 e. The predicted octanol–water partition coefficient (Wildman–Crippen LogP) is 1.02. The van der Waals surface area contributed by atoms with Gasteiger partial charge < -0.3 is 0 Å². The quantitative estimate of drug-likeness (QED) is 0.504. The summed E-state index contributed by atoms with van der Waals surface area (Å²) in [4.78, 5) is 3.68. The highest BCUT2D eigenvalue weighted by molar-refractivity contribution is 6.28. The molecule has 1 rings (SSSR count). The van der Waals surface area contributed by atoms with Gasteiger partial charge >= 0.3 is 5.28 Å². The molecule has 0 aromatic carbocycles. The summed E-state index contributed by atoms with van der Waals surface area (Å²) in [5.41, 5.74) is 0. The summed E-state index contributed by atoms with van der Waals surface area (Å²) < 4.78 is 1.21. The van der Waals surface area contributed by atoms with Crippen LogP contribution in [0, 0.1) is 0 Å². The van der Waals surface area contributed by atoms with Gasteiger partial charge in [-0.1, -0.05) is 0 Å². The number of hydrogen-bond acceptors (Lipinski definition) is 1. The minimum atomic E-state index is 0.272. The fourth-order valence-electron chi connectivity index (χ4n) is 0.335. The monoisotopic (exact) mass is 149 g/mol. The topological polar surface area (TPSA) is 16.8 Å². The van der Waals surface area contributed by atoms with Gasteiger partial charge in [-0.2, -0.15) is 0 Å². The van der Waals surface area contributed by atoms with Crippen molar-refractivity contribution in [1.29, 1.82) is 0 Å². The lowest BCUT2D eigenvalue weighted by molar-refractivity contribution is -0.520. The van der Waals surface area contributed by atoms with Crippen molar-refractivity contribution in [3.63, 3.8) is 0 Å². The Morgan fingerprint density at radius 3 is 2.75 bits per heavy atom. The highest BCUT2D eigenvalue weighted by atomic mass is 35.5. The summed E-state index contributed by atoms with van der Waals surface area (Å²) in [6, 6.07) is 1.69. The van der Waals surface area contributed by atoms with E-state index in [4.69, 9.17) is 23.4 Å². The first kappa shape index (κ1) is 5.79. The molecule has 0 saturated carbocycles. The number of hydrogen-bond donors (Lipinski definition) is 0. The van der Waals surface area contributed by atoms with E-state index in [0.29, 0.717) is 0 Å². The number of rotatable bonds is 0. The van der Waals surface area contributed by atoms with Crippen molar-refractivity contribution in [2.24, 2.45) is 0 Å². The van der Waals surface area contributed by atoms with E-state index in [1.807, 2.05) is 0 Å².